The SMILES string of the molecule is CC(=O)/C=C(\[O-])CC(C)C.CC(=O)/C=C(\[O-])CC(C)C.CC(=O)/C=C(\[O-])CC(C)C.[Cr+3]. The Morgan fingerprint density at radius 3 is 0.806 bits per heavy atom. The number of hydrogen-bond donors (Lipinski definition) is 0. The Kier molecular flexibility index (Phi) is 25.2. The molecule has 0 fully saturated rings. The van der Waals surface area contributed by atoms with Crippen LogP contribution in [-0.2, 0) is 31.7 Å². The molecule has 6 nitrogen and oxygen atoms in total. The third kappa shape index (κ3) is 39.2. The van der Waals surface area contributed by atoms with Gasteiger partial charge < -0.3 is 15.3 Å². The number of allylic oxidation sites excluding steroid dienone is 6. The Labute approximate surface area is 199 Å². The first kappa shape index (κ1) is 36.5. The van der Waals surface area contributed by atoms with Crippen molar-refractivity contribution >= 4 is 17.3 Å². The van der Waals surface area contributed by atoms with Gasteiger partial charge in [0.2, 0.25) is 0 Å². The zero-order valence-corrected chi connectivity index (χ0v) is 21.7. The first-order chi connectivity index (χ1) is 13.6. The molecule has 0 saturated carbocycles. The third-order valence-electron chi connectivity index (χ3n) is 2.92. The Balaban J connectivity index is -0.000000174. The van der Waals surface area contributed by atoms with E-state index in [2.05, 4.69) is 0 Å². The van der Waals surface area contributed by atoms with Gasteiger partial charge in [-0.1, -0.05) is 41.5 Å². The molecule has 0 aliphatic heterocycles. The van der Waals surface area contributed by atoms with Crippen LogP contribution in [0.5, 0.6) is 0 Å². The molecule has 0 heterocycles. The van der Waals surface area contributed by atoms with E-state index in [0.717, 1.165) is 18.2 Å². The zero-order valence-electron chi connectivity index (χ0n) is 20.4. The number of rotatable bonds is 9. The van der Waals surface area contributed by atoms with E-state index >= 15 is 0 Å². The van der Waals surface area contributed by atoms with Crippen molar-refractivity contribution in [2.75, 3.05) is 0 Å². The van der Waals surface area contributed by atoms with Gasteiger partial charge in [0.25, 0.3) is 0 Å². The number of carbonyl (C=O) groups excluding carboxylic acids is 3. The van der Waals surface area contributed by atoms with E-state index in [1.54, 1.807) is 0 Å². The topological polar surface area (TPSA) is 120 Å². The largest absolute Gasteiger partial charge is 3.00 e. The fraction of sp³-hybridized carbons (Fsp3) is 0.625. The molecule has 7 heteroatoms. The summed E-state index contributed by atoms with van der Waals surface area (Å²) >= 11 is 0. The van der Waals surface area contributed by atoms with Gasteiger partial charge in [-0.25, -0.2) is 0 Å². The molecule has 0 aliphatic carbocycles. The molecule has 177 valence electrons. The summed E-state index contributed by atoms with van der Waals surface area (Å²) in [4.78, 5) is 31.1. The van der Waals surface area contributed by atoms with Gasteiger partial charge in [0, 0.05) is 0 Å². The van der Waals surface area contributed by atoms with Crippen LogP contribution >= 0.6 is 0 Å². The van der Waals surface area contributed by atoms with E-state index in [4.69, 9.17) is 0 Å². The maximum absolute atomic E-state index is 10.8. The van der Waals surface area contributed by atoms with Crippen LogP contribution in [0.25, 0.3) is 0 Å². The van der Waals surface area contributed by atoms with Gasteiger partial charge in [0.05, 0.1) is 0 Å². The zero-order chi connectivity index (χ0) is 24.4. The molecule has 0 atom stereocenters. The second-order valence-corrected chi connectivity index (χ2v) is 8.46. The van der Waals surface area contributed by atoms with Gasteiger partial charge in [-0.2, -0.15) is 0 Å². The van der Waals surface area contributed by atoms with Crippen molar-refractivity contribution in [2.24, 2.45) is 17.8 Å². The van der Waals surface area contributed by atoms with Crippen LogP contribution in [0.15, 0.2) is 35.5 Å². The second kappa shape index (κ2) is 21.4. The van der Waals surface area contributed by atoms with Crippen molar-refractivity contribution in [1.82, 2.24) is 0 Å². The Bertz CT molecular complexity index is 528. The monoisotopic (exact) mass is 475 g/mol. The van der Waals surface area contributed by atoms with Crippen molar-refractivity contribution in [1.29, 1.82) is 0 Å². The number of carbonyl (C=O) groups is 3. The van der Waals surface area contributed by atoms with E-state index in [9.17, 15) is 29.7 Å². The molecule has 0 saturated heterocycles. The van der Waals surface area contributed by atoms with Crippen LogP contribution in [0.4, 0.5) is 0 Å². The molecule has 1 radical (unpaired) electrons. The van der Waals surface area contributed by atoms with Crippen molar-refractivity contribution in [2.45, 2.75) is 81.6 Å². The predicted octanol–water partition coefficient (Wildman–Crippen LogP) is 2.59. The standard InChI is InChI=1S/3C8H14O2.Cr/c3*1-6(2)4-8(10)5-7(3)9;/h3*5-6,10H,4H2,1-3H3;/q;;;+3/p-3/b3*8-5-;. The minimum atomic E-state index is -0.161. The molecule has 0 spiro atoms. The minimum Gasteiger partial charge on any atom is -0.875 e. The Hall–Kier alpha value is -1.84. The summed E-state index contributed by atoms with van der Waals surface area (Å²) in [7, 11) is 0. The summed E-state index contributed by atoms with van der Waals surface area (Å²) in [5, 5.41) is 32.4. The molecule has 0 rings (SSSR count). The van der Waals surface area contributed by atoms with Crippen LogP contribution in [0, 0.1) is 17.8 Å². The molecule has 0 N–H and O–H groups in total. The quantitative estimate of drug-likeness (QED) is 0.373. The molecule has 0 aromatic carbocycles. The minimum absolute atomic E-state index is 0. The van der Waals surface area contributed by atoms with Crippen molar-refractivity contribution in [3.63, 3.8) is 0 Å². The van der Waals surface area contributed by atoms with E-state index in [1.165, 1.54) is 20.8 Å². The first-order valence-corrected chi connectivity index (χ1v) is 10.2. The van der Waals surface area contributed by atoms with Gasteiger partial charge in [-0.3, -0.25) is 14.4 Å². The molecule has 0 amide bonds. The van der Waals surface area contributed by atoms with E-state index < -0.39 is 0 Å². The molecule has 0 unspecified atom stereocenters. The molecule has 0 aromatic heterocycles. The van der Waals surface area contributed by atoms with Gasteiger partial charge in [-0.05, 0) is 76.0 Å². The number of hydrogen-bond acceptors (Lipinski definition) is 6. The molecule has 31 heavy (non-hydrogen) atoms. The average Bonchev–Trinajstić information content (AvgIpc) is 2.42. The van der Waals surface area contributed by atoms with Crippen LogP contribution in [-0.4, -0.2) is 17.3 Å². The maximum atomic E-state index is 10.8. The van der Waals surface area contributed by atoms with Crippen LogP contribution < -0.4 is 15.3 Å². The molecule has 0 bridgehead atoms. The fourth-order valence-electron chi connectivity index (χ4n) is 2.06. The summed E-state index contributed by atoms with van der Waals surface area (Å²) in [6.45, 7) is 15.9. The summed E-state index contributed by atoms with van der Waals surface area (Å²) in [6.07, 6.45) is 4.87. The second-order valence-electron chi connectivity index (χ2n) is 8.46. The van der Waals surface area contributed by atoms with E-state index in [1.807, 2.05) is 41.5 Å². The third-order valence-corrected chi connectivity index (χ3v) is 2.92. The molecule has 0 aliphatic rings. The van der Waals surface area contributed by atoms with Crippen LogP contribution in [0.3, 0.4) is 0 Å². The van der Waals surface area contributed by atoms with E-state index in [0.29, 0.717) is 37.0 Å². The average molecular weight is 476 g/mol. The molecule has 0 aromatic rings. The first-order valence-electron chi connectivity index (χ1n) is 10.2. The summed E-state index contributed by atoms with van der Waals surface area (Å²) in [6, 6.07) is 0. The predicted molar refractivity (Wildman–Crippen MR) is 115 cm³/mol. The maximum Gasteiger partial charge on any atom is 3.00 e. The van der Waals surface area contributed by atoms with Gasteiger partial charge >= 0.3 is 17.4 Å². The van der Waals surface area contributed by atoms with Gasteiger partial charge in [-0.15, -0.1) is 17.3 Å². The summed E-state index contributed by atoms with van der Waals surface area (Å²) in [5.74, 6) is 0.323. The van der Waals surface area contributed by atoms with Crippen molar-refractivity contribution in [3.8, 4) is 0 Å². The smallest absolute Gasteiger partial charge is 0.875 e. The van der Waals surface area contributed by atoms with Gasteiger partial charge in [0.1, 0.15) is 0 Å². The normalized spacial score (nSPS) is 11.8. The Morgan fingerprint density at radius 1 is 0.548 bits per heavy atom. The van der Waals surface area contributed by atoms with E-state index in [-0.39, 0.29) is 52.0 Å². The molecular formula is C24H39CrO6. The van der Waals surface area contributed by atoms with Crippen LogP contribution in [0.1, 0.15) is 81.6 Å². The number of ketones is 3. The molecular weight excluding hydrogens is 436 g/mol. The van der Waals surface area contributed by atoms with Crippen LogP contribution in [0.2, 0.25) is 0 Å². The summed E-state index contributed by atoms with van der Waals surface area (Å²) < 4.78 is 0. The fourth-order valence-corrected chi connectivity index (χ4v) is 2.06. The van der Waals surface area contributed by atoms with Crippen molar-refractivity contribution < 1.29 is 47.1 Å². The van der Waals surface area contributed by atoms with Crippen molar-refractivity contribution in [3.05, 3.63) is 35.5 Å². The Morgan fingerprint density at radius 2 is 0.710 bits per heavy atom. The summed E-state index contributed by atoms with van der Waals surface area (Å²) in [5.41, 5.74) is 0. The van der Waals surface area contributed by atoms with Gasteiger partial charge in [0.15, 0.2) is 17.3 Å².